The van der Waals surface area contributed by atoms with Crippen molar-refractivity contribution < 1.29 is 10.0 Å². The average molecular weight is 421 g/mol. The maximum Gasteiger partial charge on any atom is 0.267 e. The molecule has 3 atom stereocenters. The minimum absolute atomic E-state index is 0.308. The number of hydroxylamine groups is 1. The van der Waals surface area contributed by atoms with E-state index in [1.807, 2.05) is 30.3 Å². The molecule has 0 bridgehead atoms. The van der Waals surface area contributed by atoms with Gasteiger partial charge in [-0.1, -0.05) is 72.8 Å². The molecule has 0 heterocycles. The van der Waals surface area contributed by atoms with E-state index in [0.717, 1.165) is 24.9 Å². The van der Waals surface area contributed by atoms with Crippen LogP contribution in [0.4, 0.5) is 0 Å². The molecule has 1 saturated carbocycles. The Hall–Kier alpha value is -2.66. The van der Waals surface area contributed by atoms with Crippen molar-refractivity contribution in [2.24, 2.45) is 5.92 Å². The number of amides is 1. The van der Waals surface area contributed by atoms with Crippen molar-refractivity contribution in [1.29, 1.82) is 0 Å². The molecule has 4 rings (SSSR count). The number of carbonyl (C=O) groups is 1. The Kier molecular flexibility index (Phi) is 6.18. The van der Waals surface area contributed by atoms with E-state index in [0.29, 0.717) is 12.0 Å². The van der Waals surface area contributed by atoms with Gasteiger partial charge in [0.05, 0.1) is 4.87 Å². The summed E-state index contributed by atoms with van der Waals surface area (Å²) in [5.41, 5.74) is 6.13. The van der Waals surface area contributed by atoms with Crippen molar-refractivity contribution in [1.82, 2.24) is 10.8 Å². The summed E-state index contributed by atoms with van der Waals surface area (Å²) in [6.45, 7) is 0.782. The quantitative estimate of drug-likeness (QED) is 0.263. The molecule has 0 aromatic heterocycles. The molecule has 4 nitrogen and oxygen atoms in total. The maximum atomic E-state index is 11.0. The Morgan fingerprint density at radius 3 is 2.60 bits per heavy atom. The molecule has 1 amide bonds. The van der Waals surface area contributed by atoms with Gasteiger partial charge in [0.25, 0.3) is 5.91 Å². The SMILES string of the molecule is O=C(/C=C/c1ccc(CNC2CC2C2(Cl)C=CC(c3ccccc3)=CC2)cc1)NO. The molecule has 154 valence electrons. The van der Waals surface area contributed by atoms with Crippen molar-refractivity contribution >= 4 is 29.2 Å². The molecular weight excluding hydrogens is 396 g/mol. The van der Waals surface area contributed by atoms with Crippen LogP contribution in [0.2, 0.25) is 0 Å². The van der Waals surface area contributed by atoms with Crippen molar-refractivity contribution in [3.05, 3.63) is 95.6 Å². The van der Waals surface area contributed by atoms with Gasteiger partial charge in [0.15, 0.2) is 0 Å². The summed E-state index contributed by atoms with van der Waals surface area (Å²) in [6, 6.07) is 18.8. The summed E-state index contributed by atoms with van der Waals surface area (Å²) >= 11 is 6.97. The zero-order valence-electron chi connectivity index (χ0n) is 16.6. The molecule has 30 heavy (non-hydrogen) atoms. The standard InChI is InChI=1S/C25H25ClN2O2/c26-25(14-12-21(13-15-25)20-4-2-1-3-5-20)22-16-23(22)27-17-19-8-6-18(7-9-19)10-11-24(29)28-30/h1-14,22-23,27,30H,15-17H2,(H,28,29)/b11-10+. The summed E-state index contributed by atoms with van der Waals surface area (Å²) in [6.07, 6.45) is 11.5. The third-order valence-corrected chi connectivity index (χ3v) is 6.33. The maximum absolute atomic E-state index is 11.0. The van der Waals surface area contributed by atoms with E-state index >= 15 is 0 Å². The van der Waals surface area contributed by atoms with Crippen LogP contribution in [0.5, 0.6) is 0 Å². The van der Waals surface area contributed by atoms with Crippen LogP contribution in [0, 0.1) is 5.92 Å². The van der Waals surface area contributed by atoms with Crippen LogP contribution in [0.25, 0.3) is 11.6 Å². The highest BCUT2D eigenvalue weighted by molar-refractivity contribution is 6.26. The predicted molar refractivity (Wildman–Crippen MR) is 121 cm³/mol. The van der Waals surface area contributed by atoms with Crippen LogP contribution >= 0.6 is 11.6 Å². The molecule has 0 aliphatic heterocycles. The minimum Gasteiger partial charge on any atom is -0.310 e. The van der Waals surface area contributed by atoms with Crippen LogP contribution in [0.1, 0.15) is 29.5 Å². The summed E-state index contributed by atoms with van der Waals surface area (Å²) in [7, 11) is 0. The second kappa shape index (κ2) is 9.00. The predicted octanol–water partition coefficient (Wildman–Crippen LogP) is 4.70. The number of alkyl halides is 1. The molecule has 2 aromatic carbocycles. The molecule has 0 spiro atoms. The Balaban J connectivity index is 1.27. The largest absolute Gasteiger partial charge is 0.310 e. The van der Waals surface area contributed by atoms with E-state index in [1.54, 1.807) is 11.6 Å². The Morgan fingerprint density at radius 2 is 1.93 bits per heavy atom. The van der Waals surface area contributed by atoms with Gasteiger partial charge in [0.1, 0.15) is 0 Å². The van der Waals surface area contributed by atoms with E-state index in [-0.39, 0.29) is 4.87 Å². The fourth-order valence-electron chi connectivity index (χ4n) is 3.91. The lowest BCUT2D eigenvalue weighted by atomic mass is 9.89. The Labute approximate surface area is 181 Å². The van der Waals surface area contributed by atoms with Crippen LogP contribution < -0.4 is 10.8 Å². The highest BCUT2D eigenvalue weighted by atomic mass is 35.5. The molecule has 0 radical (unpaired) electrons. The molecule has 0 saturated heterocycles. The van der Waals surface area contributed by atoms with Crippen molar-refractivity contribution in [2.45, 2.75) is 30.3 Å². The number of benzene rings is 2. The molecule has 1 fully saturated rings. The second-order valence-corrected chi connectivity index (χ2v) is 8.57. The normalized spacial score (nSPS) is 25.2. The fourth-order valence-corrected chi connectivity index (χ4v) is 4.29. The van der Waals surface area contributed by atoms with E-state index in [2.05, 4.69) is 47.8 Å². The van der Waals surface area contributed by atoms with Gasteiger partial charge in [-0.3, -0.25) is 10.0 Å². The molecule has 2 aliphatic carbocycles. The van der Waals surface area contributed by atoms with E-state index < -0.39 is 5.91 Å². The average Bonchev–Trinajstić information content (AvgIpc) is 3.58. The molecule has 3 unspecified atom stereocenters. The minimum atomic E-state index is -0.544. The van der Waals surface area contributed by atoms with Gasteiger partial charge in [-0.15, -0.1) is 11.6 Å². The summed E-state index contributed by atoms with van der Waals surface area (Å²) < 4.78 is 0. The van der Waals surface area contributed by atoms with E-state index in [4.69, 9.17) is 16.8 Å². The first-order valence-electron chi connectivity index (χ1n) is 10.2. The lowest BCUT2D eigenvalue weighted by Gasteiger charge is -2.26. The lowest BCUT2D eigenvalue weighted by molar-refractivity contribution is -0.124. The molecular formula is C25H25ClN2O2. The highest BCUT2D eigenvalue weighted by Crippen LogP contribution is 2.49. The number of rotatable bonds is 7. The van der Waals surface area contributed by atoms with Crippen LogP contribution in [0.15, 0.2) is 78.9 Å². The first-order valence-corrected chi connectivity index (χ1v) is 10.5. The number of hydrogen-bond acceptors (Lipinski definition) is 3. The number of hydrogen-bond donors (Lipinski definition) is 3. The van der Waals surface area contributed by atoms with Crippen LogP contribution in [-0.2, 0) is 11.3 Å². The monoisotopic (exact) mass is 420 g/mol. The van der Waals surface area contributed by atoms with E-state index in [9.17, 15) is 4.79 Å². The van der Waals surface area contributed by atoms with Gasteiger partial charge in [-0.05, 0) is 47.1 Å². The zero-order valence-corrected chi connectivity index (χ0v) is 17.3. The van der Waals surface area contributed by atoms with Crippen molar-refractivity contribution in [2.75, 3.05) is 0 Å². The third-order valence-electron chi connectivity index (χ3n) is 5.77. The zero-order chi connectivity index (χ0) is 21.0. The van der Waals surface area contributed by atoms with Gasteiger partial charge in [0.2, 0.25) is 0 Å². The summed E-state index contributed by atoms with van der Waals surface area (Å²) in [5.74, 6) is -0.110. The number of carbonyl (C=O) groups excluding carboxylic acids is 1. The summed E-state index contributed by atoms with van der Waals surface area (Å²) in [4.78, 5) is 10.7. The van der Waals surface area contributed by atoms with Gasteiger partial charge < -0.3 is 5.32 Å². The third kappa shape index (κ3) is 4.90. The fraction of sp³-hybridized carbons (Fsp3) is 0.240. The number of allylic oxidation sites excluding steroid dienone is 4. The Bertz CT molecular complexity index is 982. The molecule has 2 aromatic rings. The topological polar surface area (TPSA) is 61.4 Å². The molecule has 5 heteroatoms. The Morgan fingerprint density at radius 1 is 1.17 bits per heavy atom. The van der Waals surface area contributed by atoms with Gasteiger partial charge in [0, 0.05) is 18.7 Å². The number of halogens is 1. The first kappa shape index (κ1) is 20.6. The number of nitrogens with one attached hydrogen (secondary N) is 2. The molecule has 3 N–H and O–H groups in total. The molecule has 2 aliphatic rings. The van der Waals surface area contributed by atoms with Gasteiger partial charge >= 0.3 is 0 Å². The van der Waals surface area contributed by atoms with Crippen LogP contribution in [-0.4, -0.2) is 22.0 Å². The summed E-state index contributed by atoms with van der Waals surface area (Å²) in [5, 5.41) is 12.1. The smallest absolute Gasteiger partial charge is 0.267 e. The highest BCUT2D eigenvalue weighted by Gasteiger charge is 2.50. The second-order valence-electron chi connectivity index (χ2n) is 7.87. The van der Waals surface area contributed by atoms with Gasteiger partial charge in [-0.2, -0.15) is 0 Å². The van der Waals surface area contributed by atoms with Gasteiger partial charge in [-0.25, -0.2) is 5.48 Å². The first-order chi connectivity index (χ1) is 14.6. The van der Waals surface area contributed by atoms with E-state index in [1.165, 1.54) is 22.8 Å². The van der Waals surface area contributed by atoms with Crippen molar-refractivity contribution in [3.8, 4) is 0 Å². The van der Waals surface area contributed by atoms with Crippen molar-refractivity contribution in [3.63, 3.8) is 0 Å². The lowest BCUT2D eigenvalue weighted by Crippen LogP contribution is -2.29. The van der Waals surface area contributed by atoms with Crippen LogP contribution in [0.3, 0.4) is 0 Å².